The van der Waals surface area contributed by atoms with Gasteiger partial charge >= 0.3 is 0 Å². The summed E-state index contributed by atoms with van der Waals surface area (Å²) in [6, 6.07) is 15.2. The Balaban J connectivity index is 2.32. The monoisotopic (exact) mass is 240 g/mol. The number of hydrogen-bond donors (Lipinski definition) is 2. The van der Waals surface area contributed by atoms with Crippen LogP contribution in [0.1, 0.15) is 17.3 Å². The first-order chi connectivity index (χ1) is 8.70. The van der Waals surface area contributed by atoms with Crippen LogP contribution in [0.15, 0.2) is 48.5 Å². The second kappa shape index (κ2) is 5.36. The van der Waals surface area contributed by atoms with E-state index < -0.39 is 0 Å². The lowest BCUT2D eigenvalue weighted by Gasteiger charge is -2.06. The molecule has 1 amide bonds. The van der Waals surface area contributed by atoms with Crippen LogP contribution in [0.3, 0.4) is 0 Å². The van der Waals surface area contributed by atoms with Crippen LogP contribution in [0.25, 0.3) is 11.1 Å². The van der Waals surface area contributed by atoms with E-state index in [4.69, 9.17) is 5.73 Å². The SMILES string of the molecule is CCNC(=O)c1cccc(-c2ccc(N)cc2)c1. The minimum absolute atomic E-state index is 0.0465. The zero-order valence-electron chi connectivity index (χ0n) is 10.3. The molecule has 0 aliphatic heterocycles. The molecule has 92 valence electrons. The summed E-state index contributed by atoms with van der Waals surface area (Å²) in [6.45, 7) is 2.53. The molecule has 0 unspecified atom stereocenters. The predicted molar refractivity (Wildman–Crippen MR) is 74.3 cm³/mol. The first kappa shape index (κ1) is 12.2. The van der Waals surface area contributed by atoms with Gasteiger partial charge in [0.15, 0.2) is 0 Å². The highest BCUT2D eigenvalue weighted by atomic mass is 16.1. The van der Waals surface area contributed by atoms with Crippen molar-refractivity contribution in [3.05, 3.63) is 54.1 Å². The number of hydrogen-bond acceptors (Lipinski definition) is 2. The van der Waals surface area contributed by atoms with Crippen molar-refractivity contribution in [1.82, 2.24) is 5.32 Å². The number of nitrogens with two attached hydrogens (primary N) is 1. The summed E-state index contributed by atoms with van der Waals surface area (Å²) in [5, 5.41) is 2.79. The number of nitrogens with one attached hydrogen (secondary N) is 1. The Morgan fingerprint density at radius 1 is 1.11 bits per heavy atom. The number of amides is 1. The van der Waals surface area contributed by atoms with Crippen molar-refractivity contribution in [1.29, 1.82) is 0 Å². The quantitative estimate of drug-likeness (QED) is 0.810. The van der Waals surface area contributed by atoms with Gasteiger partial charge in [0.25, 0.3) is 5.91 Å². The Hall–Kier alpha value is -2.29. The van der Waals surface area contributed by atoms with Crippen LogP contribution in [-0.2, 0) is 0 Å². The fourth-order valence-electron chi connectivity index (χ4n) is 1.78. The minimum Gasteiger partial charge on any atom is -0.399 e. The molecule has 2 aromatic rings. The molecule has 0 aromatic heterocycles. The second-order valence-corrected chi connectivity index (χ2v) is 4.06. The van der Waals surface area contributed by atoms with Crippen LogP contribution < -0.4 is 11.1 Å². The largest absolute Gasteiger partial charge is 0.399 e. The van der Waals surface area contributed by atoms with E-state index in [1.54, 1.807) is 0 Å². The molecular formula is C15H16N2O. The van der Waals surface area contributed by atoms with E-state index in [1.807, 2.05) is 55.5 Å². The Morgan fingerprint density at radius 2 is 1.83 bits per heavy atom. The highest BCUT2D eigenvalue weighted by Crippen LogP contribution is 2.21. The normalized spacial score (nSPS) is 10.1. The van der Waals surface area contributed by atoms with Crippen molar-refractivity contribution in [2.45, 2.75) is 6.92 Å². The van der Waals surface area contributed by atoms with Gasteiger partial charge in [-0.05, 0) is 42.3 Å². The van der Waals surface area contributed by atoms with Crippen LogP contribution in [0.5, 0.6) is 0 Å². The standard InChI is InChI=1S/C15H16N2O/c1-2-17-15(18)13-5-3-4-12(10-13)11-6-8-14(16)9-7-11/h3-10H,2,16H2,1H3,(H,17,18). The van der Waals surface area contributed by atoms with Crippen molar-refractivity contribution in [3.8, 4) is 11.1 Å². The zero-order chi connectivity index (χ0) is 13.0. The molecular weight excluding hydrogens is 224 g/mol. The highest BCUT2D eigenvalue weighted by molar-refractivity contribution is 5.95. The van der Waals surface area contributed by atoms with E-state index in [0.29, 0.717) is 12.1 Å². The van der Waals surface area contributed by atoms with Gasteiger partial charge in [-0.25, -0.2) is 0 Å². The molecule has 0 heterocycles. The highest BCUT2D eigenvalue weighted by Gasteiger charge is 2.05. The number of rotatable bonds is 3. The Morgan fingerprint density at radius 3 is 2.50 bits per heavy atom. The molecule has 18 heavy (non-hydrogen) atoms. The maximum absolute atomic E-state index is 11.8. The molecule has 3 heteroatoms. The molecule has 0 saturated heterocycles. The second-order valence-electron chi connectivity index (χ2n) is 4.06. The van der Waals surface area contributed by atoms with Crippen molar-refractivity contribution in [2.24, 2.45) is 0 Å². The Kier molecular flexibility index (Phi) is 3.63. The molecule has 2 aromatic carbocycles. The van der Waals surface area contributed by atoms with Gasteiger partial charge < -0.3 is 11.1 Å². The third-order valence-electron chi connectivity index (χ3n) is 2.71. The molecule has 0 bridgehead atoms. The van der Waals surface area contributed by atoms with Gasteiger partial charge in [0.2, 0.25) is 0 Å². The third-order valence-corrected chi connectivity index (χ3v) is 2.71. The summed E-state index contributed by atoms with van der Waals surface area (Å²) in [7, 11) is 0. The fourth-order valence-corrected chi connectivity index (χ4v) is 1.78. The lowest BCUT2D eigenvalue weighted by atomic mass is 10.0. The number of carbonyl (C=O) groups excluding carboxylic acids is 1. The lowest BCUT2D eigenvalue weighted by Crippen LogP contribution is -2.22. The van der Waals surface area contributed by atoms with Crippen molar-refractivity contribution >= 4 is 11.6 Å². The van der Waals surface area contributed by atoms with Crippen LogP contribution in [0, 0.1) is 0 Å². The van der Waals surface area contributed by atoms with E-state index in [9.17, 15) is 4.79 Å². The third kappa shape index (κ3) is 2.69. The molecule has 0 atom stereocenters. The fraction of sp³-hybridized carbons (Fsp3) is 0.133. The van der Waals surface area contributed by atoms with Crippen LogP contribution in [0.2, 0.25) is 0 Å². The summed E-state index contributed by atoms with van der Waals surface area (Å²) in [4.78, 5) is 11.8. The van der Waals surface area contributed by atoms with Crippen LogP contribution in [-0.4, -0.2) is 12.5 Å². The Labute approximate surface area is 107 Å². The van der Waals surface area contributed by atoms with Gasteiger partial charge in [0.05, 0.1) is 0 Å². The summed E-state index contributed by atoms with van der Waals surface area (Å²) in [5.74, 6) is -0.0465. The van der Waals surface area contributed by atoms with E-state index in [1.165, 1.54) is 0 Å². The van der Waals surface area contributed by atoms with Gasteiger partial charge in [0.1, 0.15) is 0 Å². The number of carbonyl (C=O) groups is 1. The smallest absolute Gasteiger partial charge is 0.251 e. The Bertz CT molecular complexity index is 547. The first-order valence-electron chi connectivity index (χ1n) is 5.95. The van der Waals surface area contributed by atoms with Gasteiger partial charge in [-0.2, -0.15) is 0 Å². The van der Waals surface area contributed by atoms with Gasteiger partial charge in [-0.15, -0.1) is 0 Å². The molecule has 0 spiro atoms. The average Bonchev–Trinajstić information content (AvgIpc) is 2.40. The average molecular weight is 240 g/mol. The summed E-state index contributed by atoms with van der Waals surface area (Å²) < 4.78 is 0. The zero-order valence-corrected chi connectivity index (χ0v) is 10.3. The van der Waals surface area contributed by atoms with E-state index in [0.717, 1.165) is 16.8 Å². The minimum atomic E-state index is -0.0465. The molecule has 3 N–H and O–H groups in total. The molecule has 2 rings (SSSR count). The molecule has 0 radical (unpaired) electrons. The van der Waals surface area contributed by atoms with Gasteiger partial charge in [0, 0.05) is 17.8 Å². The lowest BCUT2D eigenvalue weighted by molar-refractivity contribution is 0.0956. The number of benzene rings is 2. The van der Waals surface area contributed by atoms with Gasteiger partial charge in [-0.3, -0.25) is 4.79 Å². The van der Waals surface area contributed by atoms with E-state index >= 15 is 0 Å². The first-order valence-corrected chi connectivity index (χ1v) is 5.95. The van der Waals surface area contributed by atoms with E-state index in [-0.39, 0.29) is 5.91 Å². The van der Waals surface area contributed by atoms with E-state index in [2.05, 4.69) is 5.32 Å². The number of nitrogen functional groups attached to an aromatic ring is 1. The maximum Gasteiger partial charge on any atom is 0.251 e. The topological polar surface area (TPSA) is 55.1 Å². The van der Waals surface area contributed by atoms with Crippen molar-refractivity contribution < 1.29 is 4.79 Å². The van der Waals surface area contributed by atoms with Crippen LogP contribution >= 0.6 is 0 Å². The van der Waals surface area contributed by atoms with Crippen molar-refractivity contribution in [3.63, 3.8) is 0 Å². The number of anilines is 1. The molecule has 0 saturated carbocycles. The summed E-state index contributed by atoms with van der Waals surface area (Å²) in [6.07, 6.45) is 0. The van der Waals surface area contributed by atoms with Crippen LogP contribution in [0.4, 0.5) is 5.69 Å². The summed E-state index contributed by atoms with van der Waals surface area (Å²) >= 11 is 0. The van der Waals surface area contributed by atoms with Gasteiger partial charge in [-0.1, -0.05) is 24.3 Å². The van der Waals surface area contributed by atoms with Crippen molar-refractivity contribution in [2.75, 3.05) is 12.3 Å². The molecule has 3 nitrogen and oxygen atoms in total. The predicted octanol–water partition coefficient (Wildman–Crippen LogP) is 2.69. The molecule has 0 fully saturated rings. The summed E-state index contributed by atoms with van der Waals surface area (Å²) in [5.41, 5.74) is 9.13. The molecule has 0 aliphatic carbocycles. The maximum atomic E-state index is 11.8. The molecule has 0 aliphatic rings.